The van der Waals surface area contributed by atoms with Crippen LogP contribution in [-0.2, 0) is 9.59 Å². The lowest BCUT2D eigenvalue weighted by atomic mass is 9.78. The highest BCUT2D eigenvalue weighted by atomic mass is 16.5. The number of esters is 1. The Morgan fingerprint density at radius 1 is 0.842 bits per heavy atom. The zero-order valence-corrected chi connectivity index (χ0v) is 21.8. The largest absolute Gasteiger partial charge is 0.493 e. The van der Waals surface area contributed by atoms with Gasteiger partial charge >= 0.3 is 5.97 Å². The number of ketones is 1. The maximum absolute atomic E-state index is 13.8. The molecule has 0 fully saturated rings. The number of benzene rings is 3. The molecule has 5 rings (SSSR count). The summed E-state index contributed by atoms with van der Waals surface area (Å²) in [6.45, 7) is 1.37. The molecule has 0 saturated heterocycles. The van der Waals surface area contributed by atoms with Gasteiger partial charge in [-0.15, -0.1) is 0 Å². The Morgan fingerprint density at radius 3 is 2.11 bits per heavy atom. The number of hydrogen-bond acceptors (Lipinski definition) is 8. The van der Waals surface area contributed by atoms with E-state index in [1.54, 1.807) is 33.5 Å². The van der Waals surface area contributed by atoms with Crippen LogP contribution < -0.4 is 29.6 Å². The van der Waals surface area contributed by atoms with E-state index in [-0.39, 0.29) is 23.7 Å². The Labute approximate surface area is 221 Å². The number of ether oxygens (including phenoxy) is 4. The zero-order valence-electron chi connectivity index (χ0n) is 21.8. The number of methoxy groups -OCH3 is 3. The molecule has 1 aliphatic heterocycles. The van der Waals surface area contributed by atoms with Crippen LogP contribution in [0.15, 0.2) is 71.9 Å². The zero-order chi connectivity index (χ0) is 26.8. The van der Waals surface area contributed by atoms with Gasteiger partial charge in [0.1, 0.15) is 5.75 Å². The quantitative estimate of drug-likeness (QED) is 0.323. The number of allylic oxidation sites excluding steroid dienone is 1. The minimum atomic E-state index is -0.381. The first-order valence-corrected chi connectivity index (χ1v) is 12.4. The third kappa shape index (κ3) is 4.77. The van der Waals surface area contributed by atoms with Crippen molar-refractivity contribution in [2.75, 3.05) is 32.0 Å². The number of rotatable bonds is 6. The molecule has 8 heteroatoms. The maximum atomic E-state index is 13.8. The smallest absolute Gasteiger partial charge is 0.308 e. The van der Waals surface area contributed by atoms with Crippen LogP contribution >= 0.6 is 0 Å². The Balaban J connectivity index is 1.56. The molecule has 0 saturated carbocycles. The summed E-state index contributed by atoms with van der Waals surface area (Å²) in [5.41, 5.74) is 5.20. The highest BCUT2D eigenvalue weighted by Gasteiger charge is 2.36. The second kappa shape index (κ2) is 10.5. The molecule has 8 nitrogen and oxygen atoms in total. The molecule has 0 bridgehead atoms. The highest BCUT2D eigenvalue weighted by molar-refractivity contribution is 6.01. The second-order valence-corrected chi connectivity index (χ2v) is 9.29. The molecular formula is C30H30N2O6. The lowest BCUT2D eigenvalue weighted by Gasteiger charge is -2.30. The number of fused-ring (bicyclic) bond motifs is 1. The van der Waals surface area contributed by atoms with Crippen molar-refractivity contribution in [3.63, 3.8) is 0 Å². The Morgan fingerprint density at radius 2 is 1.50 bits per heavy atom. The van der Waals surface area contributed by atoms with Crippen molar-refractivity contribution >= 4 is 23.1 Å². The van der Waals surface area contributed by atoms with Crippen molar-refractivity contribution in [2.24, 2.45) is 0 Å². The normalized spacial score (nSPS) is 18.3. The van der Waals surface area contributed by atoms with Crippen LogP contribution in [-0.4, -0.2) is 33.1 Å². The van der Waals surface area contributed by atoms with Crippen molar-refractivity contribution in [3.05, 3.63) is 83.1 Å². The molecule has 0 aromatic heterocycles. The van der Waals surface area contributed by atoms with Gasteiger partial charge in [0.05, 0.1) is 38.7 Å². The first-order valence-electron chi connectivity index (χ1n) is 12.4. The number of nitrogens with one attached hydrogen (secondary N) is 2. The van der Waals surface area contributed by atoms with E-state index in [0.29, 0.717) is 41.4 Å². The number of Topliss-reactive ketones (excluding diaryl/α,β-unsaturated/α-hetero) is 1. The van der Waals surface area contributed by atoms with Crippen LogP contribution in [0.2, 0.25) is 0 Å². The lowest BCUT2D eigenvalue weighted by molar-refractivity contribution is -0.131. The van der Waals surface area contributed by atoms with Crippen molar-refractivity contribution in [1.29, 1.82) is 0 Å². The van der Waals surface area contributed by atoms with Crippen molar-refractivity contribution in [2.45, 2.75) is 31.7 Å². The predicted molar refractivity (Wildman–Crippen MR) is 144 cm³/mol. The fourth-order valence-electron chi connectivity index (χ4n) is 5.21. The molecule has 196 valence electrons. The first kappa shape index (κ1) is 25.2. The molecule has 3 aromatic rings. The van der Waals surface area contributed by atoms with Crippen LogP contribution in [0.4, 0.5) is 11.4 Å². The lowest BCUT2D eigenvalue weighted by Crippen LogP contribution is -2.27. The summed E-state index contributed by atoms with van der Waals surface area (Å²) in [6, 6.07) is 18.6. The molecule has 0 amide bonds. The minimum Gasteiger partial charge on any atom is -0.493 e. The summed E-state index contributed by atoms with van der Waals surface area (Å²) < 4.78 is 21.8. The molecule has 0 spiro atoms. The third-order valence-electron chi connectivity index (χ3n) is 6.94. The molecule has 2 atom stereocenters. The van der Waals surface area contributed by atoms with Gasteiger partial charge in [-0.1, -0.05) is 24.3 Å². The van der Waals surface area contributed by atoms with Gasteiger partial charge in [-0.25, -0.2) is 0 Å². The SMILES string of the molecule is COc1cc(C2CC(=O)C3=C(C2)Nc2ccccc2NC3c2ccc(OC(C)=O)cc2)cc(OC)c1OC. The first-order chi connectivity index (χ1) is 18.4. The van der Waals surface area contributed by atoms with Crippen LogP contribution in [0.25, 0.3) is 0 Å². The van der Waals surface area contributed by atoms with Gasteiger partial charge < -0.3 is 29.6 Å². The highest BCUT2D eigenvalue weighted by Crippen LogP contribution is 2.47. The monoisotopic (exact) mass is 514 g/mol. The van der Waals surface area contributed by atoms with Gasteiger partial charge in [0.25, 0.3) is 0 Å². The van der Waals surface area contributed by atoms with E-state index in [2.05, 4.69) is 10.6 Å². The fraction of sp³-hybridized carbons (Fsp3) is 0.267. The summed E-state index contributed by atoms with van der Waals surface area (Å²) in [4.78, 5) is 25.2. The van der Waals surface area contributed by atoms with Gasteiger partial charge in [0, 0.05) is 24.6 Å². The van der Waals surface area contributed by atoms with Crippen LogP contribution in [0.3, 0.4) is 0 Å². The number of hydrogen-bond donors (Lipinski definition) is 2. The van der Waals surface area contributed by atoms with E-state index in [1.165, 1.54) is 6.92 Å². The van der Waals surface area contributed by atoms with E-state index >= 15 is 0 Å². The minimum absolute atomic E-state index is 0.0480. The van der Waals surface area contributed by atoms with Gasteiger partial charge in [0.2, 0.25) is 5.75 Å². The van der Waals surface area contributed by atoms with Gasteiger partial charge in [-0.05, 0) is 59.9 Å². The molecule has 1 heterocycles. The van der Waals surface area contributed by atoms with Crippen molar-refractivity contribution < 1.29 is 28.5 Å². The molecular weight excluding hydrogens is 484 g/mol. The Bertz CT molecular complexity index is 1390. The van der Waals surface area contributed by atoms with Gasteiger partial charge in [-0.2, -0.15) is 0 Å². The Hall–Kier alpha value is -4.46. The van der Waals surface area contributed by atoms with Crippen LogP contribution in [0.5, 0.6) is 23.0 Å². The molecule has 38 heavy (non-hydrogen) atoms. The van der Waals surface area contributed by atoms with Crippen LogP contribution in [0, 0.1) is 0 Å². The third-order valence-corrected chi connectivity index (χ3v) is 6.94. The van der Waals surface area contributed by atoms with Crippen LogP contribution in [0.1, 0.15) is 42.9 Å². The van der Waals surface area contributed by atoms with Crippen molar-refractivity contribution in [1.82, 2.24) is 0 Å². The molecule has 0 radical (unpaired) electrons. The topological polar surface area (TPSA) is 95.1 Å². The Kier molecular flexibility index (Phi) is 6.96. The number of carbonyl (C=O) groups excluding carboxylic acids is 2. The standard InChI is InChI=1S/C30H30N2O6/c1-17(33)38-21-11-9-18(10-12-21)29-28-24(31-22-7-5-6-8-23(22)32-29)13-19(14-25(28)34)20-15-26(35-2)30(37-4)27(16-20)36-3/h5-12,15-16,19,29,31-32H,13-14H2,1-4H3. The van der Waals surface area contributed by atoms with E-state index in [0.717, 1.165) is 28.2 Å². The number of carbonyl (C=O) groups is 2. The molecule has 2 N–H and O–H groups in total. The van der Waals surface area contributed by atoms with Crippen molar-refractivity contribution in [3.8, 4) is 23.0 Å². The van der Waals surface area contributed by atoms with Gasteiger partial charge in [-0.3, -0.25) is 9.59 Å². The summed E-state index contributed by atoms with van der Waals surface area (Å²) in [7, 11) is 4.74. The maximum Gasteiger partial charge on any atom is 0.308 e. The number of anilines is 2. The van der Waals surface area contributed by atoms with Gasteiger partial charge in [0.15, 0.2) is 17.3 Å². The molecule has 3 aromatic carbocycles. The molecule has 2 aliphatic rings. The predicted octanol–water partition coefficient (Wildman–Crippen LogP) is 5.62. The fourth-order valence-corrected chi connectivity index (χ4v) is 5.21. The molecule has 2 unspecified atom stereocenters. The summed E-state index contributed by atoms with van der Waals surface area (Å²) in [5, 5.41) is 7.11. The van der Waals surface area contributed by atoms with E-state index in [1.807, 2.05) is 48.5 Å². The van der Waals surface area contributed by atoms with E-state index in [9.17, 15) is 9.59 Å². The average molecular weight is 515 g/mol. The number of para-hydroxylation sites is 2. The average Bonchev–Trinajstić information content (AvgIpc) is 3.09. The molecule has 1 aliphatic carbocycles. The summed E-state index contributed by atoms with van der Waals surface area (Å²) in [6.07, 6.45) is 0.955. The summed E-state index contributed by atoms with van der Waals surface area (Å²) >= 11 is 0. The second-order valence-electron chi connectivity index (χ2n) is 9.29. The van der Waals surface area contributed by atoms with E-state index in [4.69, 9.17) is 18.9 Å². The van der Waals surface area contributed by atoms with E-state index < -0.39 is 0 Å². The summed E-state index contributed by atoms with van der Waals surface area (Å²) in [5.74, 6) is 1.67.